The van der Waals surface area contributed by atoms with Crippen LogP contribution in [0.15, 0.2) is 54.6 Å². The minimum Gasteiger partial charge on any atom is -0.482 e. The molecule has 1 aromatic heterocycles. The Kier molecular flexibility index (Phi) is 4.01. The van der Waals surface area contributed by atoms with Gasteiger partial charge in [0.05, 0.1) is 17.2 Å². The monoisotopic (exact) mass is 347 g/mol. The predicted molar refractivity (Wildman–Crippen MR) is 98.2 cm³/mol. The molecule has 3 aromatic rings. The van der Waals surface area contributed by atoms with Gasteiger partial charge in [-0.3, -0.25) is 9.59 Å². The smallest absolute Gasteiger partial charge is 0.270 e. The molecule has 0 bridgehead atoms. The lowest BCUT2D eigenvalue weighted by Crippen LogP contribution is -2.28. The van der Waals surface area contributed by atoms with Crippen molar-refractivity contribution >= 4 is 28.4 Å². The van der Waals surface area contributed by atoms with Crippen molar-refractivity contribution in [3.05, 3.63) is 65.9 Å². The Hall–Kier alpha value is -3.41. The van der Waals surface area contributed by atoms with Crippen LogP contribution >= 0.6 is 0 Å². The fourth-order valence-corrected chi connectivity index (χ4v) is 2.92. The molecule has 130 valence electrons. The van der Waals surface area contributed by atoms with E-state index in [4.69, 9.17) is 4.74 Å². The molecule has 6 heteroatoms. The van der Waals surface area contributed by atoms with Crippen LogP contribution in [0.3, 0.4) is 0 Å². The Bertz CT molecular complexity index is 1020. The van der Waals surface area contributed by atoms with Gasteiger partial charge in [-0.05, 0) is 36.8 Å². The molecule has 4 rings (SSSR count). The van der Waals surface area contributed by atoms with Gasteiger partial charge in [0.15, 0.2) is 6.61 Å². The lowest BCUT2D eigenvalue weighted by molar-refractivity contribution is -0.118. The quantitative estimate of drug-likeness (QED) is 0.763. The van der Waals surface area contributed by atoms with Crippen molar-refractivity contribution in [2.24, 2.45) is 0 Å². The van der Waals surface area contributed by atoms with Gasteiger partial charge < -0.3 is 15.4 Å². The van der Waals surface area contributed by atoms with Gasteiger partial charge in [-0.25, -0.2) is 4.98 Å². The second-order valence-electron chi connectivity index (χ2n) is 6.18. The molecular formula is C20H17N3O3. The molecule has 1 aliphatic rings. The first-order valence-electron chi connectivity index (χ1n) is 8.33. The highest BCUT2D eigenvalue weighted by Crippen LogP contribution is 2.30. The van der Waals surface area contributed by atoms with Gasteiger partial charge in [-0.1, -0.05) is 30.3 Å². The fraction of sp³-hybridized carbons (Fsp3) is 0.150. The number of benzene rings is 2. The zero-order valence-electron chi connectivity index (χ0n) is 14.2. The fourth-order valence-electron chi connectivity index (χ4n) is 2.92. The second kappa shape index (κ2) is 6.48. The SMILES string of the molecule is CC(NC(=O)c1ccc2ccccc2n1)c1ccc2c(c1)NC(=O)CO2. The first kappa shape index (κ1) is 16.1. The highest BCUT2D eigenvalue weighted by atomic mass is 16.5. The number of ether oxygens (including phenoxy) is 1. The maximum Gasteiger partial charge on any atom is 0.270 e. The molecule has 1 unspecified atom stereocenters. The number of carbonyl (C=O) groups excluding carboxylic acids is 2. The van der Waals surface area contributed by atoms with E-state index in [2.05, 4.69) is 15.6 Å². The molecule has 2 amide bonds. The van der Waals surface area contributed by atoms with Crippen molar-refractivity contribution in [3.63, 3.8) is 0 Å². The van der Waals surface area contributed by atoms with Crippen molar-refractivity contribution in [1.82, 2.24) is 10.3 Å². The number of hydrogen-bond acceptors (Lipinski definition) is 4. The molecule has 2 aromatic carbocycles. The van der Waals surface area contributed by atoms with Crippen LogP contribution in [-0.2, 0) is 4.79 Å². The van der Waals surface area contributed by atoms with Crippen LogP contribution in [0.2, 0.25) is 0 Å². The minimum absolute atomic E-state index is 0.0201. The maximum atomic E-state index is 12.5. The van der Waals surface area contributed by atoms with Crippen LogP contribution in [0.5, 0.6) is 5.75 Å². The Balaban J connectivity index is 1.53. The summed E-state index contributed by atoms with van der Waals surface area (Å²) in [7, 11) is 0. The van der Waals surface area contributed by atoms with E-state index in [1.165, 1.54) is 0 Å². The molecule has 0 saturated carbocycles. The number of para-hydroxylation sites is 1. The van der Waals surface area contributed by atoms with Gasteiger partial charge in [0.1, 0.15) is 11.4 Å². The molecule has 2 heterocycles. The molecular weight excluding hydrogens is 330 g/mol. The third-order valence-corrected chi connectivity index (χ3v) is 4.32. The first-order chi connectivity index (χ1) is 12.6. The molecule has 0 aliphatic carbocycles. The van der Waals surface area contributed by atoms with E-state index in [0.717, 1.165) is 16.5 Å². The number of rotatable bonds is 3. The van der Waals surface area contributed by atoms with Crippen molar-refractivity contribution in [3.8, 4) is 5.75 Å². The highest BCUT2D eigenvalue weighted by molar-refractivity contribution is 5.96. The zero-order valence-corrected chi connectivity index (χ0v) is 14.2. The third kappa shape index (κ3) is 3.09. The number of amides is 2. The number of anilines is 1. The number of nitrogens with zero attached hydrogens (tertiary/aromatic N) is 1. The van der Waals surface area contributed by atoms with Crippen molar-refractivity contribution < 1.29 is 14.3 Å². The molecule has 26 heavy (non-hydrogen) atoms. The average molecular weight is 347 g/mol. The van der Waals surface area contributed by atoms with E-state index in [9.17, 15) is 9.59 Å². The summed E-state index contributed by atoms with van der Waals surface area (Å²) in [4.78, 5) is 28.4. The molecule has 1 atom stereocenters. The van der Waals surface area contributed by atoms with E-state index >= 15 is 0 Å². The van der Waals surface area contributed by atoms with Crippen molar-refractivity contribution in [2.45, 2.75) is 13.0 Å². The van der Waals surface area contributed by atoms with Crippen molar-refractivity contribution in [2.75, 3.05) is 11.9 Å². The summed E-state index contributed by atoms with van der Waals surface area (Å²) in [5, 5.41) is 6.70. The summed E-state index contributed by atoms with van der Waals surface area (Å²) in [6.45, 7) is 1.90. The number of carbonyl (C=O) groups is 2. The zero-order chi connectivity index (χ0) is 18.1. The summed E-state index contributed by atoms with van der Waals surface area (Å²) in [5.41, 5.74) is 2.62. The number of aromatic nitrogens is 1. The van der Waals surface area contributed by atoms with Gasteiger partial charge in [0.2, 0.25) is 0 Å². The largest absolute Gasteiger partial charge is 0.482 e. The Labute approximate surface area is 150 Å². The predicted octanol–water partition coefficient (Wildman–Crippen LogP) is 3.06. The third-order valence-electron chi connectivity index (χ3n) is 4.32. The normalized spacial score (nSPS) is 14.1. The Morgan fingerprint density at radius 3 is 2.92 bits per heavy atom. The first-order valence-corrected chi connectivity index (χ1v) is 8.33. The van der Waals surface area contributed by atoms with Crippen LogP contribution in [0.1, 0.15) is 29.0 Å². The van der Waals surface area contributed by atoms with Crippen LogP contribution in [0.4, 0.5) is 5.69 Å². The topological polar surface area (TPSA) is 80.3 Å². The summed E-state index contributed by atoms with van der Waals surface area (Å²) in [6.07, 6.45) is 0. The van der Waals surface area contributed by atoms with E-state index in [1.54, 1.807) is 12.1 Å². The van der Waals surface area contributed by atoms with Gasteiger partial charge in [-0.15, -0.1) is 0 Å². The van der Waals surface area contributed by atoms with Crippen LogP contribution in [-0.4, -0.2) is 23.4 Å². The van der Waals surface area contributed by atoms with E-state index in [-0.39, 0.29) is 24.5 Å². The van der Waals surface area contributed by atoms with Gasteiger partial charge in [-0.2, -0.15) is 0 Å². The molecule has 0 radical (unpaired) electrons. The summed E-state index contributed by atoms with van der Waals surface area (Å²) >= 11 is 0. The Morgan fingerprint density at radius 1 is 1.19 bits per heavy atom. The molecule has 1 aliphatic heterocycles. The molecule has 0 saturated heterocycles. The summed E-state index contributed by atoms with van der Waals surface area (Å²) < 4.78 is 5.35. The number of pyridine rings is 1. The van der Waals surface area contributed by atoms with E-state index in [0.29, 0.717) is 17.1 Å². The summed E-state index contributed by atoms with van der Waals surface area (Å²) in [6, 6.07) is 16.5. The van der Waals surface area contributed by atoms with Crippen molar-refractivity contribution in [1.29, 1.82) is 0 Å². The van der Waals surface area contributed by atoms with Crippen LogP contribution in [0.25, 0.3) is 10.9 Å². The summed E-state index contributed by atoms with van der Waals surface area (Å²) in [5.74, 6) is 0.191. The highest BCUT2D eigenvalue weighted by Gasteiger charge is 2.19. The number of fused-ring (bicyclic) bond motifs is 2. The number of hydrogen-bond donors (Lipinski definition) is 2. The van der Waals surface area contributed by atoms with Crippen LogP contribution < -0.4 is 15.4 Å². The maximum absolute atomic E-state index is 12.5. The molecule has 6 nitrogen and oxygen atoms in total. The van der Waals surface area contributed by atoms with E-state index in [1.807, 2.05) is 49.4 Å². The Morgan fingerprint density at radius 2 is 2.04 bits per heavy atom. The standard InChI is InChI=1S/C20H17N3O3/c1-12(14-7-9-18-17(10-14)23-19(24)11-26-18)21-20(25)16-8-6-13-4-2-3-5-15(13)22-16/h2-10,12H,11H2,1H3,(H,21,25)(H,23,24). The van der Waals surface area contributed by atoms with Gasteiger partial charge in [0, 0.05) is 5.39 Å². The van der Waals surface area contributed by atoms with Gasteiger partial charge in [0.25, 0.3) is 11.8 Å². The average Bonchev–Trinajstić information content (AvgIpc) is 2.66. The van der Waals surface area contributed by atoms with E-state index < -0.39 is 0 Å². The van der Waals surface area contributed by atoms with Crippen LogP contribution in [0, 0.1) is 0 Å². The second-order valence-corrected chi connectivity index (χ2v) is 6.18. The lowest BCUT2D eigenvalue weighted by atomic mass is 10.1. The lowest BCUT2D eigenvalue weighted by Gasteiger charge is -2.21. The molecule has 0 fully saturated rings. The minimum atomic E-state index is -0.250. The molecule has 0 spiro atoms. The molecule has 2 N–H and O–H groups in total. The van der Waals surface area contributed by atoms with Gasteiger partial charge >= 0.3 is 0 Å². The number of nitrogens with one attached hydrogen (secondary N) is 2.